The van der Waals surface area contributed by atoms with Crippen molar-refractivity contribution >= 4 is 23.9 Å². The van der Waals surface area contributed by atoms with Crippen LogP contribution in [0.5, 0.6) is 0 Å². The van der Waals surface area contributed by atoms with Crippen molar-refractivity contribution in [3.8, 4) is 0 Å². The van der Waals surface area contributed by atoms with Crippen LogP contribution >= 0.6 is 0 Å². The van der Waals surface area contributed by atoms with Gasteiger partial charge < -0.3 is 24.1 Å². The van der Waals surface area contributed by atoms with Crippen molar-refractivity contribution in [2.24, 2.45) is 28.6 Å². The van der Waals surface area contributed by atoms with Gasteiger partial charge in [0.1, 0.15) is 0 Å². The van der Waals surface area contributed by atoms with E-state index in [1.807, 2.05) is 19.9 Å². The van der Waals surface area contributed by atoms with E-state index in [1.54, 1.807) is 19.1 Å². The van der Waals surface area contributed by atoms with Crippen LogP contribution in [-0.2, 0) is 28.5 Å². The zero-order valence-electron chi connectivity index (χ0n) is 23.5. The van der Waals surface area contributed by atoms with Crippen LogP contribution in [0.15, 0.2) is 23.8 Å². The van der Waals surface area contributed by atoms with Crippen LogP contribution in [0.1, 0.15) is 79.1 Å². The molecular formula is C30H42O9. The number of carbonyl (C=O) groups is 4. The van der Waals surface area contributed by atoms with E-state index in [-0.39, 0.29) is 49.6 Å². The Morgan fingerprint density at radius 1 is 1.05 bits per heavy atom. The number of unbranched alkanes of at least 4 members (excludes halogenated alkanes) is 2. The van der Waals surface area contributed by atoms with Gasteiger partial charge in [0, 0.05) is 16.7 Å². The molecule has 4 rings (SSSR count). The zero-order valence-corrected chi connectivity index (χ0v) is 23.5. The lowest BCUT2D eigenvalue weighted by molar-refractivity contribution is -0.184. The summed E-state index contributed by atoms with van der Waals surface area (Å²) in [6.45, 7) is 7.34. The molecule has 39 heavy (non-hydrogen) atoms. The van der Waals surface area contributed by atoms with Gasteiger partial charge in [0.25, 0.3) is 0 Å². The Morgan fingerprint density at radius 2 is 1.82 bits per heavy atom. The van der Waals surface area contributed by atoms with Gasteiger partial charge in [-0.05, 0) is 69.4 Å². The minimum absolute atomic E-state index is 0.0327. The summed E-state index contributed by atoms with van der Waals surface area (Å²) in [5, 5.41) is 11.7. The molecule has 0 aromatic carbocycles. The van der Waals surface area contributed by atoms with Crippen molar-refractivity contribution < 1.29 is 43.2 Å². The molecule has 9 heteroatoms. The third-order valence-corrected chi connectivity index (χ3v) is 9.87. The molecule has 0 amide bonds. The van der Waals surface area contributed by atoms with Crippen molar-refractivity contribution in [1.29, 1.82) is 0 Å². The molecule has 4 aliphatic rings. The number of allylic oxidation sites excluding steroid dienone is 4. The second kappa shape index (κ2) is 11.4. The number of aliphatic hydroxyl groups excluding tert-OH is 1. The summed E-state index contributed by atoms with van der Waals surface area (Å²) in [4.78, 5) is 50.7. The summed E-state index contributed by atoms with van der Waals surface area (Å²) in [6.07, 6.45) is 7.61. The minimum Gasteiger partial charge on any atom is -0.435 e. The Balaban J connectivity index is 1.64. The van der Waals surface area contributed by atoms with E-state index in [0.29, 0.717) is 12.8 Å². The number of ether oxygens (including phenoxy) is 4. The van der Waals surface area contributed by atoms with Gasteiger partial charge in [-0.15, -0.1) is 0 Å². The first kappa shape index (κ1) is 29.3. The van der Waals surface area contributed by atoms with Gasteiger partial charge in [-0.3, -0.25) is 9.59 Å². The van der Waals surface area contributed by atoms with Gasteiger partial charge >= 0.3 is 12.3 Å². The molecule has 3 fully saturated rings. The fourth-order valence-electron chi connectivity index (χ4n) is 8.08. The van der Waals surface area contributed by atoms with Gasteiger partial charge in [0.15, 0.2) is 18.0 Å². The molecule has 0 bridgehead atoms. The Bertz CT molecular complexity index is 1050. The zero-order chi connectivity index (χ0) is 28.4. The maximum absolute atomic E-state index is 13.8. The first-order valence-electron chi connectivity index (χ1n) is 14.3. The second-order valence-corrected chi connectivity index (χ2v) is 11.9. The largest absolute Gasteiger partial charge is 0.509 e. The van der Waals surface area contributed by atoms with E-state index in [0.717, 1.165) is 31.3 Å². The number of hydrogen-bond donors (Lipinski definition) is 1. The number of Topliss-reactive ketones (excluding diaryl/α,β-unsaturated/α-hetero) is 1. The maximum Gasteiger partial charge on any atom is 0.509 e. The lowest BCUT2D eigenvalue weighted by Gasteiger charge is -2.59. The van der Waals surface area contributed by atoms with Crippen LogP contribution in [0.3, 0.4) is 0 Å². The van der Waals surface area contributed by atoms with Crippen molar-refractivity contribution in [3.05, 3.63) is 23.8 Å². The highest BCUT2D eigenvalue weighted by Gasteiger charge is 2.70. The molecule has 4 aliphatic carbocycles. The molecular weight excluding hydrogens is 504 g/mol. The number of fused-ring (bicyclic) bond motifs is 5. The molecule has 0 saturated heterocycles. The predicted molar refractivity (Wildman–Crippen MR) is 141 cm³/mol. The number of ketones is 2. The quantitative estimate of drug-likeness (QED) is 0.311. The molecule has 0 heterocycles. The molecule has 0 aromatic rings. The van der Waals surface area contributed by atoms with Crippen LogP contribution in [-0.4, -0.2) is 60.5 Å². The number of hydrogen-bond acceptors (Lipinski definition) is 9. The van der Waals surface area contributed by atoms with E-state index >= 15 is 0 Å². The van der Waals surface area contributed by atoms with Crippen molar-refractivity contribution in [2.75, 3.05) is 19.8 Å². The maximum atomic E-state index is 13.8. The molecule has 1 N–H and O–H groups in total. The number of carbonyl (C=O) groups excluding carboxylic acids is 4. The Labute approximate surface area is 230 Å². The highest BCUT2D eigenvalue weighted by Crippen LogP contribution is 2.68. The van der Waals surface area contributed by atoms with Gasteiger partial charge in [0.05, 0.1) is 19.3 Å². The van der Waals surface area contributed by atoms with E-state index in [2.05, 4.69) is 6.92 Å². The average molecular weight is 547 g/mol. The predicted octanol–water partition coefficient (Wildman–Crippen LogP) is 5.09. The first-order chi connectivity index (χ1) is 18.5. The van der Waals surface area contributed by atoms with Gasteiger partial charge in [-0.2, -0.15) is 0 Å². The summed E-state index contributed by atoms with van der Waals surface area (Å²) >= 11 is 0. The van der Waals surface area contributed by atoms with Crippen LogP contribution < -0.4 is 0 Å². The fraction of sp³-hybridized carbons (Fsp3) is 0.733. The fourth-order valence-corrected chi connectivity index (χ4v) is 8.08. The molecule has 7 atom stereocenters. The average Bonchev–Trinajstić information content (AvgIpc) is 3.17. The smallest absolute Gasteiger partial charge is 0.435 e. The molecule has 0 aromatic heterocycles. The van der Waals surface area contributed by atoms with E-state index in [9.17, 15) is 24.3 Å². The Kier molecular flexibility index (Phi) is 8.59. The number of aliphatic hydroxyl groups is 1. The lowest BCUT2D eigenvalue weighted by Crippen LogP contribution is -2.63. The van der Waals surface area contributed by atoms with Crippen LogP contribution in [0.2, 0.25) is 0 Å². The van der Waals surface area contributed by atoms with Crippen LogP contribution in [0.4, 0.5) is 9.59 Å². The molecule has 0 spiro atoms. The van der Waals surface area contributed by atoms with E-state index in [1.165, 1.54) is 0 Å². The SMILES string of the molecule is CCCCCOC(=O)O[C@]1(C(=O)COC(=O)OCC)CC[C@H]2[C@@H]3CCC4=CC(=O)C=C[C@]4(C)[C@H]3C(O)C[C@@]21C. The Hall–Kier alpha value is -2.68. The van der Waals surface area contributed by atoms with Crippen molar-refractivity contribution in [3.63, 3.8) is 0 Å². The lowest BCUT2D eigenvalue weighted by atomic mass is 9.46. The first-order valence-corrected chi connectivity index (χ1v) is 14.3. The third kappa shape index (κ3) is 5.14. The third-order valence-electron chi connectivity index (χ3n) is 9.87. The highest BCUT2D eigenvalue weighted by atomic mass is 16.7. The van der Waals surface area contributed by atoms with Crippen LogP contribution in [0, 0.1) is 28.6 Å². The van der Waals surface area contributed by atoms with Crippen LogP contribution in [0.25, 0.3) is 0 Å². The van der Waals surface area contributed by atoms with E-state index in [4.69, 9.17) is 18.9 Å². The second-order valence-electron chi connectivity index (χ2n) is 11.9. The van der Waals surface area contributed by atoms with Gasteiger partial charge in [-0.1, -0.05) is 45.3 Å². The standard InChI is InChI=1S/C30H42O9/c1-5-7-8-15-37-27(35)39-30(24(33)18-38-26(34)36-6-2)14-12-22-21-10-9-19-16-20(31)11-13-28(19,3)25(21)23(32)17-29(22,30)4/h11,13,16,21-23,25,32H,5-10,12,14-15,17-18H2,1-4H3/t21-,22-,23?,25+,28-,29-,30-/m0/s1. The summed E-state index contributed by atoms with van der Waals surface area (Å²) in [5.41, 5.74) is -1.95. The minimum atomic E-state index is -1.62. The van der Waals surface area contributed by atoms with Gasteiger partial charge in [0.2, 0.25) is 5.78 Å². The molecule has 216 valence electrons. The van der Waals surface area contributed by atoms with Crippen molar-refractivity contribution in [1.82, 2.24) is 0 Å². The summed E-state index contributed by atoms with van der Waals surface area (Å²) in [6, 6.07) is 0. The summed E-state index contributed by atoms with van der Waals surface area (Å²) < 4.78 is 21.2. The number of rotatable bonds is 9. The highest BCUT2D eigenvalue weighted by molar-refractivity contribution is 6.01. The topological polar surface area (TPSA) is 125 Å². The molecule has 0 aliphatic heterocycles. The normalized spacial score (nSPS) is 36.6. The molecule has 3 saturated carbocycles. The molecule has 1 unspecified atom stereocenters. The van der Waals surface area contributed by atoms with Gasteiger partial charge in [-0.25, -0.2) is 9.59 Å². The summed E-state index contributed by atoms with van der Waals surface area (Å²) in [7, 11) is 0. The molecule has 9 nitrogen and oxygen atoms in total. The van der Waals surface area contributed by atoms with Crippen molar-refractivity contribution in [2.45, 2.75) is 90.8 Å². The Morgan fingerprint density at radius 3 is 2.54 bits per heavy atom. The monoisotopic (exact) mass is 546 g/mol. The molecule has 0 radical (unpaired) electrons. The van der Waals surface area contributed by atoms with E-state index < -0.39 is 47.2 Å². The summed E-state index contributed by atoms with van der Waals surface area (Å²) in [5.74, 6) is -0.697.